The Bertz CT molecular complexity index is 578. The van der Waals surface area contributed by atoms with E-state index in [2.05, 4.69) is 20.4 Å². The highest BCUT2D eigenvalue weighted by Crippen LogP contribution is 2.33. The number of halogens is 1. The van der Waals surface area contributed by atoms with Crippen LogP contribution in [0.25, 0.3) is 11.5 Å². The van der Waals surface area contributed by atoms with Crippen molar-refractivity contribution >= 4 is 11.6 Å². The summed E-state index contributed by atoms with van der Waals surface area (Å²) < 4.78 is 5.40. The summed E-state index contributed by atoms with van der Waals surface area (Å²) in [5.74, 6) is 1.53. The molecule has 20 heavy (non-hydrogen) atoms. The van der Waals surface area contributed by atoms with Crippen molar-refractivity contribution in [3.8, 4) is 11.5 Å². The van der Waals surface area contributed by atoms with Crippen LogP contribution in [0.1, 0.15) is 37.5 Å². The van der Waals surface area contributed by atoms with Gasteiger partial charge in [-0.2, -0.15) is 4.98 Å². The normalized spacial score (nSPS) is 22.9. The minimum Gasteiger partial charge on any atom is -0.339 e. The fourth-order valence-electron chi connectivity index (χ4n) is 2.68. The SMILES string of the molecule is CNC1CCC(c2nc(-c3ncccc3Cl)no2)CC1. The molecule has 0 unspecified atom stereocenters. The topological polar surface area (TPSA) is 63.8 Å². The van der Waals surface area contributed by atoms with Crippen molar-refractivity contribution in [1.82, 2.24) is 20.4 Å². The first-order valence-corrected chi connectivity index (χ1v) is 7.27. The largest absolute Gasteiger partial charge is 0.339 e. The maximum Gasteiger partial charge on any atom is 0.230 e. The first-order chi connectivity index (χ1) is 9.78. The molecule has 3 rings (SSSR count). The molecule has 1 saturated carbocycles. The fraction of sp³-hybridized carbons (Fsp3) is 0.500. The standard InChI is InChI=1S/C14H17ClN4O/c1-16-10-6-4-9(5-7-10)14-18-13(19-20-14)12-11(15)3-2-8-17-12/h2-3,8-10,16H,4-7H2,1H3. The van der Waals surface area contributed by atoms with Gasteiger partial charge in [0.1, 0.15) is 5.69 Å². The number of hydrogen-bond acceptors (Lipinski definition) is 5. The van der Waals surface area contributed by atoms with Crippen LogP contribution < -0.4 is 5.32 Å². The molecule has 0 radical (unpaired) electrons. The number of pyridine rings is 1. The molecule has 0 bridgehead atoms. The van der Waals surface area contributed by atoms with Crippen molar-refractivity contribution in [2.75, 3.05) is 7.05 Å². The number of nitrogens with zero attached hydrogens (tertiary/aromatic N) is 3. The Kier molecular flexibility index (Phi) is 3.98. The molecule has 0 atom stereocenters. The van der Waals surface area contributed by atoms with Gasteiger partial charge in [0.15, 0.2) is 0 Å². The molecule has 2 heterocycles. The summed E-state index contributed by atoms with van der Waals surface area (Å²) in [5.41, 5.74) is 0.577. The monoisotopic (exact) mass is 292 g/mol. The summed E-state index contributed by atoms with van der Waals surface area (Å²) in [6.45, 7) is 0. The molecule has 2 aromatic rings. The maximum absolute atomic E-state index is 6.10. The highest BCUT2D eigenvalue weighted by atomic mass is 35.5. The molecule has 0 saturated heterocycles. The summed E-state index contributed by atoms with van der Waals surface area (Å²) in [6, 6.07) is 4.17. The smallest absolute Gasteiger partial charge is 0.230 e. The molecule has 6 heteroatoms. The van der Waals surface area contributed by atoms with Crippen molar-refractivity contribution in [3.63, 3.8) is 0 Å². The van der Waals surface area contributed by atoms with Crippen LogP contribution in [0, 0.1) is 0 Å². The van der Waals surface area contributed by atoms with Gasteiger partial charge in [-0.3, -0.25) is 4.98 Å². The molecule has 0 aliphatic heterocycles. The van der Waals surface area contributed by atoms with E-state index in [1.165, 1.54) is 0 Å². The molecule has 0 spiro atoms. The average molecular weight is 293 g/mol. The van der Waals surface area contributed by atoms with Gasteiger partial charge >= 0.3 is 0 Å². The van der Waals surface area contributed by atoms with Crippen molar-refractivity contribution < 1.29 is 4.52 Å². The lowest BCUT2D eigenvalue weighted by atomic mass is 9.86. The van der Waals surface area contributed by atoms with Gasteiger partial charge in [-0.05, 0) is 44.9 Å². The number of hydrogen-bond donors (Lipinski definition) is 1. The molecular formula is C14H17ClN4O. The highest BCUT2D eigenvalue weighted by Gasteiger charge is 2.26. The van der Waals surface area contributed by atoms with Crippen LogP contribution in [0.2, 0.25) is 5.02 Å². The summed E-state index contributed by atoms with van der Waals surface area (Å²) in [6.07, 6.45) is 6.11. The fourth-order valence-corrected chi connectivity index (χ4v) is 2.88. The molecule has 0 amide bonds. The number of nitrogens with one attached hydrogen (secondary N) is 1. The lowest BCUT2D eigenvalue weighted by Crippen LogP contribution is -2.29. The first-order valence-electron chi connectivity index (χ1n) is 6.89. The van der Waals surface area contributed by atoms with E-state index >= 15 is 0 Å². The molecule has 1 N–H and O–H groups in total. The van der Waals surface area contributed by atoms with E-state index in [1.54, 1.807) is 18.3 Å². The van der Waals surface area contributed by atoms with E-state index in [-0.39, 0.29) is 0 Å². The van der Waals surface area contributed by atoms with E-state index in [4.69, 9.17) is 16.1 Å². The molecule has 0 aromatic carbocycles. The Balaban J connectivity index is 1.76. The minimum absolute atomic E-state index is 0.350. The Morgan fingerprint density at radius 1 is 1.30 bits per heavy atom. The Labute approximate surface area is 122 Å². The number of aromatic nitrogens is 3. The molecule has 2 aromatic heterocycles. The molecule has 1 aliphatic rings. The van der Waals surface area contributed by atoms with Gasteiger partial charge in [0, 0.05) is 18.2 Å². The van der Waals surface area contributed by atoms with Gasteiger partial charge in [-0.25, -0.2) is 0 Å². The van der Waals surface area contributed by atoms with Gasteiger partial charge in [-0.1, -0.05) is 16.8 Å². The minimum atomic E-state index is 0.350. The van der Waals surface area contributed by atoms with E-state index in [0.717, 1.165) is 25.7 Å². The van der Waals surface area contributed by atoms with Gasteiger partial charge in [0.05, 0.1) is 5.02 Å². The second kappa shape index (κ2) is 5.89. The second-order valence-corrected chi connectivity index (χ2v) is 5.53. The van der Waals surface area contributed by atoms with Crippen LogP contribution in [0.15, 0.2) is 22.9 Å². The van der Waals surface area contributed by atoms with Gasteiger partial charge in [0.2, 0.25) is 11.7 Å². The van der Waals surface area contributed by atoms with E-state index < -0.39 is 0 Å². The van der Waals surface area contributed by atoms with Gasteiger partial charge in [0.25, 0.3) is 0 Å². The number of rotatable bonds is 3. The Morgan fingerprint density at radius 3 is 2.80 bits per heavy atom. The molecule has 1 fully saturated rings. The first kappa shape index (κ1) is 13.5. The van der Waals surface area contributed by atoms with Crippen molar-refractivity contribution in [2.24, 2.45) is 0 Å². The predicted molar refractivity (Wildman–Crippen MR) is 76.6 cm³/mol. The summed E-state index contributed by atoms with van der Waals surface area (Å²) in [4.78, 5) is 8.68. The molecule has 5 nitrogen and oxygen atoms in total. The summed E-state index contributed by atoms with van der Waals surface area (Å²) >= 11 is 6.10. The molecule has 1 aliphatic carbocycles. The van der Waals surface area contributed by atoms with Crippen LogP contribution in [0.4, 0.5) is 0 Å². The third kappa shape index (κ3) is 2.69. The van der Waals surface area contributed by atoms with E-state index in [0.29, 0.717) is 34.4 Å². The van der Waals surface area contributed by atoms with Gasteiger partial charge in [-0.15, -0.1) is 0 Å². The van der Waals surface area contributed by atoms with Crippen LogP contribution in [0.3, 0.4) is 0 Å². The quantitative estimate of drug-likeness (QED) is 0.942. The van der Waals surface area contributed by atoms with Crippen molar-refractivity contribution in [2.45, 2.75) is 37.6 Å². The Morgan fingerprint density at radius 2 is 2.10 bits per heavy atom. The average Bonchev–Trinajstić information content (AvgIpc) is 2.97. The van der Waals surface area contributed by atoms with E-state index in [1.807, 2.05) is 7.05 Å². The van der Waals surface area contributed by atoms with Crippen LogP contribution >= 0.6 is 11.6 Å². The van der Waals surface area contributed by atoms with Crippen LogP contribution in [0.5, 0.6) is 0 Å². The summed E-state index contributed by atoms with van der Waals surface area (Å²) in [5, 5.41) is 7.87. The van der Waals surface area contributed by atoms with Crippen LogP contribution in [-0.2, 0) is 0 Å². The van der Waals surface area contributed by atoms with E-state index in [9.17, 15) is 0 Å². The van der Waals surface area contributed by atoms with Crippen molar-refractivity contribution in [1.29, 1.82) is 0 Å². The van der Waals surface area contributed by atoms with Crippen LogP contribution in [-0.4, -0.2) is 28.2 Å². The highest BCUT2D eigenvalue weighted by molar-refractivity contribution is 6.32. The van der Waals surface area contributed by atoms with Gasteiger partial charge < -0.3 is 9.84 Å². The lowest BCUT2D eigenvalue weighted by molar-refractivity contribution is 0.288. The lowest BCUT2D eigenvalue weighted by Gasteiger charge is -2.25. The second-order valence-electron chi connectivity index (χ2n) is 5.13. The predicted octanol–water partition coefficient (Wildman–Crippen LogP) is 3.03. The zero-order valence-electron chi connectivity index (χ0n) is 11.3. The summed E-state index contributed by atoms with van der Waals surface area (Å²) in [7, 11) is 2.01. The Hall–Kier alpha value is -1.46. The third-order valence-electron chi connectivity index (χ3n) is 3.90. The zero-order chi connectivity index (χ0) is 13.9. The zero-order valence-corrected chi connectivity index (χ0v) is 12.1. The third-order valence-corrected chi connectivity index (χ3v) is 4.20. The maximum atomic E-state index is 6.10. The van der Waals surface area contributed by atoms with Crippen molar-refractivity contribution in [3.05, 3.63) is 29.2 Å². The molecular weight excluding hydrogens is 276 g/mol. The molecule has 106 valence electrons.